The first kappa shape index (κ1) is 10.7. The van der Waals surface area contributed by atoms with E-state index in [1.54, 1.807) is 24.3 Å². The minimum absolute atomic E-state index is 0.319. The van der Waals surface area contributed by atoms with E-state index in [0.717, 1.165) is 10.2 Å². The van der Waals surface area contributed by atoms with E-state index in [0.29, 0.717) is 16.5 Å². The van der Waals surface area contributed by atoms with E-state index in [1.165, 1.54) is 6.20 Å². The molecule has 0 spiro atoms. The van der Waals surface area contributed by atoms with Crippen molar-refractivity contribution in [2.24, 2.45) is 5.73 Å². The Morgan fingerprint density at radius 3 is 2.56 bits per heavy atom. The third kappa shape index (κ3) is 1.57. The highest BCUT2D eigenvalue weighted by Crippen LogP contribution is 2.21. The van der Waals surface area contributed by atoms with Gasteiger partial charge in [0.15, 0.2) is 0 Å². The Bertz CT molecular complexity index is 670. The van der Waals surface area contributed by atoms with Gasteiger partial charge in [0.2, 0.25) is 15.9 Å². The molecule has 0 radical (unpaired) electrons. The quantitative estimate of drug-likeness (QED) is 0.829. The number of hydrogen-bond donors (Lipinski definition) is 1. The SMILES string of the molecule is CS(=O)(=O)n1ccc2c(C(N)=O)cccc21. The zero-order valence-corrected chi connectivity index (χ0v) is 9.36. The molecule has 84 valence electrons. The number of hydrogen-bond acceptors (Lipinski definition) is 3. The Morgan fingerprint density at radius 2 is 2.00 bits per heavy atom. The molecule has 6 heteroatoms. The normalized spacial score (nSPS) is 11.8. The monoisotopic (exact) mass is 238 g/mol. The second-order valence-electron chi connectivity index (χ2n) is 3.48. The minimum Gasteiger partial charge on any atom is -0.366 e. The van der Waals surface area contributed by atoms with Crippen molar-refractivity contribution in [1.29, 1.82) is 0 Å². The van der Waals surface area contributed by atoms with Crippen molar-refractivity contribution < 1.29 is 13.2 Å². The standard InChI is InChI=1S/C10H10N2O3S/c1-16(14,15)12-6-5-7-8(10(11)13)3-2-4-9(7)12/h2-6H,1H3,(H2,11,13). The Kier molecular flexibility index (Phi) is 2.23. The van der Waals surface area contributed by atoms with Crippen molar-refractivity contribution >= 4 is 26.8 Å². The van der Waals surface area contributed by atoms with E-state index < -0.39 is 15.9 Å². The maximum absolute atomic E-state index is 11.4. The molecule has 1 aromatic heterocycles. The lowest BCUT2D eigenvalue weighted by Gasteiger charge is -2.02. The minimum atomic E-state index is -3.36. The smallest absolute Gasteiger partial charge is 0.249 e. The summed E-state index contributed by atoms with van der Waals surface area (Å²) in [5.74, 6) is -0.572. The van der Waals surface area contributed by atoms with E-state index in [4.69, 9.17) is 5.73 Å². The molecule has 2 rings (SSSR count). The average Bonchev–Trinajstić information content (AvgIpc) is 2.59. The van der Waals surface area contributed by atoms with Crippen LogP contribution in [0.5, 0.6) is 0 Å². The van der Waals surface area contributed by atoms with Gasteiger partial charge in [0, 0.05) is 17.1 Å². The molecule has 0 unspecified atom stereocenters. The van der Waals surface area contributed by atoms with Gasteiger partial charge in [-0.1, -0.05) is 6.07 Å². The molecular formula is C10H10N2O3S. The van der Waals surface area contributed by atoms with E-state index in [-0.39, 0.29) is 0 Å². The molecule has 2 N–H and O–H groups in total. The Balaban J connectivity index is 2.87. The number of carbonyl (C=O) groups excluding carboxylic acids is 1. The molecule has 2 aromatic rings. The molecule has 0 atom stereocenters. The number of rotatable bonds is 2. The van der Waals surface area contributed by atoms with Gasteiger partial charge in [0.1, 0.15) is 0 Å². The van der Waals surface area contributed by atoms with Crippen LogP contribution in [-0.4, -0.2) is 24.6 Å². The summed E-state index contributed by atoms with van der Waals surface area (Å²) >= 11 is 0. The summed E-state index contributed by atoms with van der Waals surface area (Å²) in [5.41, 5.74) is 5.98. The van der Waals surface area contributed by atoms with E-state index in [2.05, 4.69) is 0 Å². The van der Waals surface area contributed by atoms with Crippen molar-refractivity contribution in [2.75, 3.05) is 6.26 Å². The predicted octanol–water partition coefficient (Wildman–Crippen LogP) is 0.548. The number of nitrogens with zero attached hydrogens (tertiary/aromatic N) is 1. The number of amides is 1. The van der Waals surface area contributed by atoms with Crippen LogP contribution >= 0.6 is 0 Å². The van der Waals surface area contributed by atoms with E-state index in [1.807, 2.05) is 0 Å². The molecule has 5 nitrogen and oxygen atoms in total. The molecule has 1 heterocycles. The number of nitrogens with two attached hydrogens (primary N) is 1. The van der Waals surface area contributed by atoms with Gasteiger partial charge in [-0.3, -0.25) is 4.79 Å². The van der Waals surface area contributed by atoms with Gasteiger partial charge in [0.05, 0.1) is 11.8 Å². The third-order valence-corrected chi connectivity index (χ3v) is 3.35. The van der Waals surface area contributed by atoms with Gasteiger partial charge in [-0.15, -0.1) is 0 Å². The van der Waals surface area contributed by atoms with Crippen LogP contribution in [0.2, 0.25) is 0 Å². The van der Waals surface area contributed by atoms with Gasteiger partial charge >= 0.3 is 0 Å². The van der Waals surface area contributed by atoms with Gasteiger partial charge in [0.25, 0.3) is 0 Å². The number of fused-ring (bicyclic) bond motifs is 1. The van der Waals surface area contributed by atoms with E-state index >= 15 is 0 Å². The second kappa shape index (κ2) is 3.34. The molecule has 1 aromatic carbocycles. The highest BCUT2D eigenvalue weighted by molar-refractivity contribution is 7.89. The Labute approximate surface area is 92.5 Å². The van der Waals surface area contributed by atoms with Crippen molar-refractivity contribution in [3.8, 4) is 0 Å². The van der Waals surface area contributed by atoms with Gasteiger partial charge < -0.3 is 5.73 Å². The lowest BCUT2D eigenvalue weighted by atomic mass is 10.1. The fourth-order valence-corrected chi connectivity index (χ4v) is 2.45. The van der Waals surface area contributed by atoms with Gasteiger partial charge in [-0.05, 0) is 18.2 Å². The van der Waals surface area contributed by atoms with Crippen LogP contribution < -0.4 is 5.73 Å². The number of benzene rings is 1. The summed E-state index contributed by atoms with van der Waals surface area (Å²) in [6.45, 7) is 0. The summed E-state index contributed by atoms with van der Waals surface area (Å²) in [7, 11) is -3.36. The van der Waals surface area contributed by atoms with Crippen LogP contribution in [0.4, 0.5) is 0 Å². The maximum atomic E-state index is 11.4. The maximum Gasteiger partial charge on any atom is 0.249 e. The lowest BCUT2D eigenvalue weighted by Crippen LogP contribution is -2.12. The molecule has 0 saturated heterocycles. The molecule has 16 heavy (non-hydrogen) atoms. The van der Waals surface area contributed by atoms with Crippen molar-refractivity contribution in [3.05, 3.63) is 36.0 Å². The molecule has 1 amide bonds. The molecule has 0 aliphatic carbocycles. The van der Waals surface area contributed by atoms with Crippen molar-refractivity contribution in [3.63, 3.8) is 0 Å². The first-order valence-corrected chi connectivity index (χ1v) is 6.36. The number of primary amides is 1. The fourth-order valence-electron chi connectivity index (χ4n) is 1.65. The van der Waals surface area contributed by atoms with Crippen molar-refractivity contribution in [2.45, 2.75) is 0 Å². The Hall–Kier alpha value is -1.82. The second-order valence-corrected chi connectivity index (χ2v) is 5.34. The van der Waals surface area contributed by atoms with Crippen LogP contribution in [0.25, 0.3) is 10.9 Å². The largest absolute Gasteiger partial charge is 0.366 e. The predicted molar refractivity (Wildman–Crippen MR) is 60.7 cm³/mol. The highest BCUT2D eigenvalue weighted by Gasteiger charge is 2.13. The fraction of sp³-hybridized carbons (Fsp3) is 0.100. The van der Waals surface area contributed by atoms with Gasteiger partial charge in [-0.25, -0.2) is 12.4 Å². The summed E-state index contributed by atoms with van der Waals surface area (Å²) in [4.78, 5) is 11.1. The molecule has 0 saturated carbocycles. The summed E-state index contributed by atoms with van der Waals surface area (Å²) in [5, 5.41) is 0.542. The molecule has 0 bridgehead atoms. The number of carbonyl (C=O) groups is 1. The highest BCUT2D eigenvalue weighted by atomic mass is 32.2. The first-order valence-electron chi connectivity index (χ1n) is 4.51. The number of aromatic nitrogens is 1. The third-order valence-electron chi connectivity index (χ3n) is 2.32. The van der Waals surface area contributed by atoms with E-state index in [9.17, 15) is 13.2 Å². The molecule has 0 fully saturated rings. The van der Waals surface area contributed by atoms with Crippen LogP contribution in [0.15, 0.2) is 30.5 Å². The summed E-state index contributed by atoms with van der Waals surface area (Å²) in [6, 6.07) is 6.36. The zero-order chi connectivity index (χ0) is 11.9. The molecule has 0 aliphatic rings. The lowest BCUT2D eigenvalue weighted by molar-refractivity contribution is 0.100. The van der Waals surface area contributed by atoms with Gasteiger partial charge in [-0.2, -0.15) is 0 Å². The first-order chi connectivity index (χ1) is 7.41. The molecule has 0 aliphatic heterocycles. The average molecular weight is 238 g/mol. The topological polar surface area (TPSA) is 82.2 Å². The summed E-state index contributed by atoms with van der Waals surface area (Å²) < 4.78 is 24.0. The van der Waals surface area contributed by atoms with Crippen LogP contribution in [0.3, 0.4) is 0 Å². The van der Waals surface area contributed by atoms with Crippen LogP contribution in [-0.2, 0) is 10.0 Å². The Morgan fingerprint density at radius 1 is 1.31 bits per heavy atom. The van der Waals surface area contributed by atoms with Crippen LogP contribution in [0.1, 0.15) is 10.4 Å². The molecular weight excluding hydrogens is 228 g/mol. The zero-order valence-electron chi connectivity index (χ0n) is 8.54. The van der Waals surface area contributed by atoms with Crippen molar-refractivity contribution in [1.82, 2.24) is 3.97 Å². The summed E-state index contributed by atoms with van der Waals surface area (Å²) in [6.07, 6.45) is 2.51. The van der Waals surface area contributed by atoms with Crippen LogP contribution in [0, 0.1) is 0 Å².